The van der Waals surface area contributed by atoms with Crippen LogP contribution < -0.4 is 0 Å². The second-order valence-corrected chi connectivity index (χ2v) is 13.6. The Morgan fingerprint density at radius 3 is 0.938 bits per heavy atom. The first-order chi connectivity index (χ1) is 14.3. The third kappa shape index (κ3) is 3.98. The van der Waals surface area contributed by atoms with Crippen LogP contribution >= 0.6 is 0 Å². The number of hydrogen-bond acceptors (Lipinski definition) is 2. The largest absolute Gasteiger partial charge is 0.507 e. The van der Waals surface area contributed by atoms with Crippen molar-refractivity contribution in [2.45, 2.75) is 105 Å². The molecule has 0 bridgehead atoms. The van der Waals surface area contributed by atoms with Gasteiger partial charge in [-0.05, 0) is 55.3 Å². The molecule has 0 fully saturated rings. The summed E-state index contributed by atoms with van der Waals surface area (Å²) in [5.74, 6) is 0.811. The van der Waals surface area contributed by atoms with Crippen LogP contribution in [0.3, 0.4) is 0 Å². The molecule has 174 valence electrons. The van der Waals surface area contributed by atoms with Crippen molar-refractivity contribution in [1.29, 1.82) is 0 Å². The van der Waals surface area contributed by atoms with Gasteiger partial charge in [0.2, 0.25) is 0 Å². The Balaban J connectivity index is 2.71. The molecule has 2 heteroatoms. The van der Waals surface area contributed by atoms with Crippen molar-refractivity contribution in [3.63, 3.8) is 0 Å². The maximum atomic E-state index is 11.4. The average molecular weight is 435 g/mol. The number of phenols is 2. The molecule has 0 amide bonds. The molecule has 2 nitrogen and oxygen atoms in total. The van der Waals surface area contributed by atoms with Crippen LogP contribution in [0.5, 0.6) is 11.5 Å². The third-order valence-electron chi connectivity index (χ3n) is 6.50. The van der Waals surface area contributed by atoms with E-state index in [1.54, 1.807) is 0 Å². The molecule has 0 radical (unpaired) electrons. The van der Waals surface area contributed by atoms with E-state index in [0.717, 1.165) is 43.8 Å². The lowest BCUT2D eigenvalue weighted by atomic mass is 9.74. The first kappa shape index (κ1) is 24.4. The summed E-state index contributed by atoms with van der Waals surface area (Å²) in [6, 6.07) is 8.63. The molecule has 3 rings (SSSR count). The fraction of sp³-hybridized carbons (Fsp3) is 0.533. The van der Waals surface area contributed by atoms with Crippen LogP contribution in [0.15, 0.2) is 24.3 Å². The number of phenolic OH excluding ortho intramolecular Hbond substituents is 2. The lowest BCUT2D eigenvalue weighted by Gasteiger charge is -2.31. The number of hydrogen-bond donors (Lipinski definition) is 2. The van der Waals surface area contributed by atoms with Crippen molar-refractivity contribution in [3.05, 3.63) is 46.5 Å². The molecule has 0 spiro atoms. The Morgan fingerprint density at radius 2 is 0.719 bits per heavy atom. The van der Waals surface area contributed by atoms with Gasteiger partial charge in [0.05, 0.1) is 0 Å². The van der Waals surface area contributed by atoms with Gasteiger partial charge in [0, 0.05) is 22.3 Å². The maximum Gasteiger partial charge on any atom is 0.123 e. The van der Waals surface area contributed by atoms with Gasteiger partial charge in [-0.3, -0.25) is 0 Å². The van der Waals surface area contributed by atoms with E-state index in [-0.39, 0.29) is 21.7 Å². The average Bonchev–Trinajstić information content (AvgIpc) is 2.55. The van der Waals surface area contributed by atoms with Gasteiger partial charge in [-0.1, -0.05) is 95.2 Å². The summed E-state index contributed by atoms with van der Waals surface area (Å²) in [5, 5.41) is 27.3. The number of benzene rings is 3. The van der Waals surface area contributed by atoms with Crippen molar-refractivity contribution in [1.82, 2.24) is 0 Å². The minimum atomic E-state index is -0.214. The van der Waals surface area contributed by atoms with Gasteiger partial charge in [-0.15, -0.1) is 0 Å². The first-order valence-electron chi connectivity index (χ1n) is 11.8. The molecule has 0 aliphatic carbocycles. The Morgan fingerprint density at radius 1 is 0.438 bits per heavy atom. The van der Waals surface area contributed by atoms with E-state index in [1.165, 1.54) is 0 Å². The van der Waals surface area contributed by atoms with Gasteiger partial charge in [-0.25, -0.2) is 0 Å². The standard InChI is InChI=1S/C30H42O2/c1-27(2,3)21-15-19-17(23(25(21)31)29(7,8)9)13-14-18-20(19)16-22(28(4,5)6)26(32)24(18)30(10,11)12/h13-16,31-32H,1-12H3. The quantitative estimate of drug-likeness (QED) is 0.348. The highest BCUT2D eigenvalue weighted by atomic mass is 16.3. The minimum Gasteiger partial charge on any atom is -0.507 e. The van der Waals surface area contributed by atoms with Crippen LogP contribution in [0.4, 0.5) is 0 Å². The SMILES string of the molecule is CC(C)(C)c1cc2c(ccc3c(C(C)(C)C)c(O)c(C(C)(C)C)cc32)c(C(C)(C)C)c1O. The van der Waals surface area contributed by atoms with Crippen LogP contribution in [0, 0.1) is 0 Å². The van der Waals surface area contributed by atoms with Crippen LogP contribution in [0.25, 0.3) is 21.5 Å². The zero-order valence-electron chi connectivity index (χ0n) is 22.2. The van der Waals surface area contributed by atoms with Gasteiger partial charge in [-0.2, -0.15) is 0 Å². The maximum absolute atomic E-state index is 11.4. The Bertz CT molecular complexity index is 1100. The molecular formula is C30H42O2. The van der Waals surface area contributed by atoms with Gasteiger partial charge < -0.3 is 10.2 Å². The van der Waals surface area contributed by atoms with E-state index < -0.39 is 0 Å². The fourth-order valence-electron chi connectivity index (χ4n) is 5.00. The molecule has 32 heavy (non-hydrogen) atoms. The van der Waals surface area contributed by atoms with Crippen molar-refractivity contribution < 1.29 is 10.2 Å². The zero-order chi connectivity index (χ0) is 24.6. The number of aromatic hydroxyl groups is 2. The molecule has 0 unspecified atom stereocenters. The summed E-state index contributed by atoms with van der Waals surface area (Å²) < 4.78 is 0. The molecule has 0 saturated heterocycles. The molecule has 2 N–H and O–H groups in total. The van der Waals surface area contributed by atoms with Gasteiger partial charge in [0.25, 0.3) is 0 Å². The Hall–Kier alpha value is -2.22. The van der Waals surface area contributed by atoms with E-state index >= 15 is 0 Å². The predicted molar refractivity (Wildman–Crippen MR) is 140 cm³/mol. The van der Waals surface area contributed by atoms with Crippen molar-refractivity contribution >= 4 is 21.5 Å². The Labute approximate surface area is 194 Å². The van der Waals surface area contributed by atoms with E-state index in [1.807, 2.05) is 0 Å². The minimum absolute atomic E-state index is 0.197. The topological polar surface area (TPSA) is 40.5 Å². The Kier molecular flexibility index (Phi) is 5.45. The molecular weight excluding hydrogens is 392 g/mol. The van der Waals surface area contributed by atoms with Gasteiger partial charge in [0.1, 0.15) is 11.5 Å². The predicted octanol–water partition coefficient (Wildman–Crippen LogP) is 8.59. The highest BCUT2D eigenvalue weighted by Gasteiger charge is 2.31. The van der Waals surface area contributed by atoms with Crippen molar-refractivity contribution in [3.8, 4) is 11.5 Å². The lowest BCUT2D eigenvalue weighted by molar-refractivity contribution is 0.424. The summed E-state index contributed by atoms with van der Waals surface area (Å²) in [5.41, 5.74) is 3.08. The number of rotatable bonds is 0. The third-order valence-corrected chi connectivity index (χ3v) is 6.50. The zero-order valence-corrected chi connectivity index (χ0v) is 22.2. The van der Waals surface area contributed by atoms with Crippen molar-refractivity contribution in [2.24, 2.45) is 0 Å². The van der Waals surface area contributed by atoms with Crippen LogP contribution in [0.1, 0.15) is 105 Å². The lowest BCUT2D eigenvalue weighted by Crippen LogP contribution is -2.19. The second-order valence-electron chi connectivity index (χ2n) is 13.6. The normalized spacial score (nSPS) is 13.9. The molecule has 3 aromatic rings. The van der Waals surface area contributed by atoms with Gasteiger partial charge in [0.15, 0.2) is 0 Å². The monoisotopic (exact) mass is 434 g/mol. The summed E-state index contributed by atoms with van der Waals surface area (Å²) in [4.78, 5) is 0. The molecule has 0 saturated carbocycles. The van der Waals surface area contributed by atoms with E-state index in [9.17, 15) is 10.2 Å². The van der Waals surface area contributed by atoms with E-state index in [4.69, 9.17) is 0 Å². The highest BCUT2D eigenvalue weighted by molar-refractivity contribution is 6.12. The molecule has 0 heterocycles. The smallest absolute Gasteiger partial charge is 0.123 e. The van der Waals surface area contributed by atoms with Gasteiger partial charge >= 0.3 is 0 Å². The summed E-state index contributed by atoms with van der Waals surface area (Å²) in [6.45, 7) is 25.9. The summed E-state index contributed by atoms with van der Waals surface area (Å²) in [6.07, 6.45) is 0. The fourth-order valence-corrected chi connectivity index (χ4v) is 5.00. The molecule has 0 aliphatic heterocycles. The van der Waals surface area contributed by atoms with Crippen LogP contribution in [0.2, 0.25) is 0 Å². The highest BCUT2D eigenvalue weighted by Crippen LogP contribution is 2.49. The second kappa shape index (κ2) is 7.14. The summed E-state index contributed by atoms with van der Waals surface area (Å²) in [7, 11) is 0. The molecule has 0 aliphatic rings. The summed E-state index contributed by atoms with van der Waals surface area (Å²) >= 11 is 0. The van der Waals surface area contributed by atoms with Crippen molar-refractivity contribution in [2.75, 3.05) is 0 Å². The van der Waals surface area contributed by atoms with Crippen LogP contribution in [-0.4, -0.2) is 10.2 Å². The van der Waals surface area contributed by atoms with E-state index in [0.29, 0.717) is 11.5 Å². The number of fused-ring (bicyclic) bond motifs is 3. The van der Waals surface area contributed by atoms with E-state index in [2.05, 4.69) is 107 Å². The first-order valence-corrected chi connectivity index (χ1v) is 11.8. The molecule has 0 aromatic heterocycles. The van der Waals surface area contributed by atoms with Crippen LogP contribution in [-0.2, 0) is 21.7 Å². The molecule has 0 atom stereocenters. The molecule has 3 aromatic carbocycles.